The van der Waals surface area contributed by atoms with E-state index >= 15 is 0 Å². The molecule has 0 bridgehead atoms. The number of fused-ring (bicyclic) bond motifs is 1. The number of benzene rings is 3. The van der Waals surface area contributed by atoms with Crippen LogP contribution in [0.1, 0.15) is 48.3 Å². The van der Waals surface area contributed by atoms with E-state index in [1.807, 2.05) is 67.6 Å². The Bertz CT molecular complexity index is 1240. The fraction of sp³-hybridized carbons (Fsp3) is 0.286. The van der Waals surface area contributed by atoms with Gasteiger partial charge in [0, 0.05) is 17.0 Å². The molecule has 3 aromatic carbocycles. The van der Waals surface area contributed by atoms with Crippen molar-refractivity contribution in [2.45, 2.75) is 44.6 Å². The van der Waals surface area contributed by atoms with Gasteiger partial charge in [-0.15, -0.1) is 0 Å². The second-order valence-electron chi connectivity index (χ2n) is 8.69. The molecule has 3 aromatic rings. The van der Waals surface area contributed by atoms with E-state index in [2.05, 4.69) is 11.4 Å². The van der Waals surface area contributed by atoms with Gasteiger partial charge in [-0.2, -0.15) is 0 Å². The van der Waals surface area contributed by atoms with Crippen molar-refractivity contribution in [1.82, 2.24) is 5.32 Å². The number of amides is 1. The van der Waals surface area contributed by atoms with E-state index in [-0.39, 0.29) is 30.9 Å². The lowest BCUT2D eigenvalue weighted by atomic mass is 9.85. The lowest BCUT2D eigenvalue weighted by Crippen LogP contribution is -2.37. The second-order valence-corrected chi connectivity index (χ2v) is 9.10. The van der Waals surface area contributed by atoms with Crippen molar-refractivity contribution in [3.8, 4) is 5.75 Å². The lowest BCUT2D eigenvalue weighted by molar-refractivity contribution is -0.137. The summed E-state index contributed by atoms with van der Waals surface area (Å²) < 4.78 is 5.75. The zero-order valence-electron chi connectivity index (χ0n) is 19.1. The number of carboxylic acids is 1. The van der Waals surface area contributed by atoms with Crippen LogP contribution in [0.3, 0.4) is 0 Å². The number of ether oxygens (including phenoxy) is 1. The van der Waals surface area contributed by atoms with Crippen molar-refractivity contribution >= 4 is 34.2 Å². The first kappa shape index (κ1) is 23.8. The number of nitrogens with one attached hydrogen (secondary N) is 1. The van der Waals surface area contributed by atoms with E-state index in [0.717, 1.165) is 46.7 Å². The first-order valence-corrected chi connectivity index (χ1v) is 11.9. The van der Waals surface area contributed by atoms with Crippen molar-refractivity contribution in [2.75, 3.05) is 6.61 Å². The molecule has 0 aromatic heterocycles. The molecule has 1 amide bonds. The number of rotatable bonds is 8. The van der Waals surface area contributed by atoms with Crippen LogP contribution in [0.25, 0.3) is 10.8 Å². The Morgan fingerprint density at radius 2 is 1.97 bits per heavy atom. The molecule has 34 heavy (non-hydrogen) atoms. The Labute approximate surface area is 204 Å². The molecule has 0 radical (unpaired) electrons. The van der Waals surface area contributed by atoms with E-state index in [4.69, 9.17) is 16.3 Å². The number of carbonyl (C=O) groups is 2. The third-order valence-corrected chi connectivity index (χ3v) is 6.68. The lowest BCUT2D eigenvalue weighted by Gasteiger charge is -2.20. The van der Waals surface area contributed by atoms with Crippen molar-refractivity contribution in [2.24, 2.45) is 0 Å². The molecule has 0 spiro atoms. The Morgan fingerprint density at radius 3 is 2.74 bits per heavy atom. The van der Waals surface area contributed by atoms with Crippen LogP contribution < -0.4 is 10.1 Å². The molecule has 4 rings (SSSR count). The number of carboxylic acid groups (broad SMARTS) is 1. The van der Waals surface area contributed by atoms with Crippen LogP contribution in [0.2, 0.25) is 5.02 Å². The molecule has 0 heterocycles. The molecule has 2 unspecified atom stereocenters. The summed E-state index contributed by atoms with van der Waals surface area (Å²) in [5, 5.41) is 15.1. The van der Waals surface area contributed by atoms with Crippen LogP contribution >= 0.6 is 11.6 Å². The van der Waals surface area contributed by atoms with E-state index in [1.165, 1.54) is 0 Å². The second kappa shape index (κ2) is 10.7. The summed E-state index contributed by atoms with van der Waals surface area (Å²) in [5.74, 6) is -0.768. The van der Waals surface area contributed by atoms with Crippen LogP contribution in [-0.2, 0) is 9.59 Å². The van der Waals surface area contributed by atoms with E-state index in [0.29, 0.717) is 10.8 Å². The van der Waals surface area contributed by atoms with Crippen molar-refractivity contribution in [1.29, 1.82) is 0 Å². The molecule has 0 fully saturated rings. The minimum Gasteiger partial charge on any atom is -0.484 e. The number of hydrogen-bond donors (Lipinski definition) is 2. The highest BCUT2D eigenvalue weighted by Crippen LogP contribution is 2.35. The third-order valence-electron chi connectivity index (χ3n) is 6.27. The zero-order valence-corrected chi connectivity index (χ0v) is 19.8. The van der Waals surface area contributed by atoms with Crippen LogP contribution in [0, 0.1) is 6.92 Å². The van der Waals surface area contributed by atoms with Gasteiger partial charge in [-0.25, -0.2) is 0 Å². The summed E-state index contributed by atoms with van der Waals surface area (Å²) in [4.78, 5) is 23.9. The van der Waals surface area contributed by atoms with Gasteiger partial charge in [0.25, 0.3) is 5.91 Å². The van der Waals surface area contributed by atoms with Crippen LogP contribution in [0.15, 0.2) is 66.7 Å². The molecule has 0 saturated heterocycles. The molecule has 0 saturated carbocycles. The molecule has 2 N–H and O–H groups in total. The van der Waals surface area contributed by atoms with Gasteiger partial charge >= 0.3 is 5.97 Å². The Hall–Kier alpha value is -3.31. The fourth-order valence-electron chi connectivity index (χ4n) is 4.46. The number of hydrogen-bond acceptors (Lipinski definition) is 3. The molecule has 1 aliphatic carbocycles. The molecule has 1 aliphatic rings. The maximum absolute atomic E-state index is 12.3. The van der Waals surface area contributed by atoms with Gasteiger partial charge in [-0.05, 0) is 71.8 Å². The first-order valence-electron chi connectivity index (χ1n) is 11.5. The van der Waals surface area contributed by atoms with Gasteiger partial charge in [0.15, 0.2) is 6.61 Å². The van der Waals surface area contributed by atoms with Gasteiger partial charge in [-0.3, -0.25) is 9.59 Å². The SMILES string of the molecule is Cc1c(Cl)cccc1C(CC(=O)O)c1ccc2ccc(OCC(=O)NC3C=CCCC3)cc2c1. The topological polar surface area (TPSA) is 75.6 Å². The fourth-order valence-corrected chi connectivity index (χ4v) is 4.65. The van der Waals surface area contributed by atoms with Crippen molar-refractivity contribution in [3.63, 3.8) is 0 Å². The number of carbonyl (C=O) groups excluding carboxylic acids is 1. The van der Waals surface area contributed by atoms with E-state index < -0.39 is 5.97 Å². The molecule has 5 nitrogen and oxygen atoms in total. The molecule has 2 atom stereocenters. The number of halogens is 1. The standard InChI is InChI=1S/C28H28ClNO4/c1-18-24(8-5-9-26(18)29)25(16-28(32)33)20-11-10-19-12-13-23(15-21(19)14-20)34-17-27(31)30-22-6-3-2-4-7-22/h3,5-6,8-15,22,25H,2,4,7,16-17H2,1H3,(H,30,31)(H,32,33). The normalized spacial score (nSPS) is 16.2. The van der Waals surface area contributed by atoms with Crippen LogP contribution in [0.4, 0.5) is 0 Å². The smallest absolute Gasteiger partial charge is 0.304 e. The summed E-state index contributed by atoms with van der Waals surface area (Å²) in [6, 6.07) is 17.2. The first-order chi connectivity index (χ1) is 16.4. The van der Waals surface area contributed by atoms with Crippen molar-refractivity contribution < 1.29 is 19.4 Å². The largest absolute Gasteiger partial charge is 0.484 e. The number of aliphatic carboxylic acids is 1. The summed E-state index contributed by atoms with van der Waals surface area (Å²) in [5.41, 5.74) is 2.67. The summed E-state index contributed by atoms with van der Waals surface area (Å²) in [7, 11) is 0. The quantitative estimate of drug-likeness (QED) is 0.389. The predicted octanol–water partition coefficient (Wildman–Crippen LogP) is 6.01. The Morgan fingerprint density at radius 1 is 1.15 bits per heavy atom. The van der Waals surface area contributed by atoms with E-state index in [1.54, 1.807) is 0 Å². The Kier molecular flexibility index (Phi) is 7.53. The monoisotopic (exact) mass is 477 g/mol. The molecule has 6 heteroatoms. The summed E-state index contributed by atoms with van der Waals surface area (Å²) in [6.45, 7) is 1.85. The minimum absolute atomic E-state index is 0.0430. The highest BCUT2D eigenvalue weighted by atomic mass is 35.5. The predicted molar refractivity (Wildman–Crippen MR) is 135 cm³/mol. The molecule has 176 valence electrons. The van der Waals surface area contributed by atoms with Crippen molar-refractivity contribution in [3.05, 3.63) is 88.5 Å². The van der Waals surface area contributed by atoms with Crippen LogP contribution in [-0.4, -0.2) is 29.6 Å². The summed E-state index contributed by atoms with van der Waals surface area (Å²) >= 11 is 6.32. The minimum atomic E-state index is -0.875. The molecular formula is C28H28ClNO4. The average Bonchev–Trinajstić information content (AvgIpc) is 2.83. The zero-order chi connectivity index (χ0) is 24.1. The highest BCUT2D eigenvalue weighted by Gasteiger charge is 2.21. The maximum Gasteiger partial charge on any atom is 0.304 e. The average molecular weight is 478 g/mol. The van der Waals surface area contributed by atoms with Gasteiger partial charge < -0.3 is 15.2 Å². The highest BCUT2D eigenvalue weighted by molar-refractivity contribution is 6.31. The number of allylic oxidation sites excluding steroid dienone is 1. The van der Waals surface area contributed by atoms with E-state index in [9.17, 15) is 14.7 Å². The Balaban J connectivity index is 1.55. The third kappa shape index (κ3) is 5.78. The maximum atomic E-state index is 12.3. The van der Waals surface area contributed by atoms with Gasteiger partial charge in [-0.1, -0.05) is 60.2 Å². The molecular weight excluding hydrogens is 450 g/mol. The van der Waals surface area contributed by atoms with Crippen LogP contribution in [0.5, 0.6) is 5.75 Å². The summed E-state index contributed by atoms with van der Waals surface area (Å²) in [6.07, 6.45) is 7.18. The molecule has 0 aliphatic heterocycles. The van der Waals surface area contributed by atoms with Gasteiger partial charge in [0.2, 0.25) is 0 Å². The van der Waals surface area contributed by atoms with Gasteiger partial charge in [0.1, 0.15) is 5.75 Å². The van der Waals surface area contributed by atoms with Gasteiger partial charge in [0.05, 0.1) is 6.42 Å².